The lowest BCUT2D eigenvalue weighted by molar-refractivity contribution is -0.122. The number of halogens is 1. The van der Waals surface area contributed by atoms with Crippen LogP contribution < -0.4 is 0 Å². The highest BCUT2D eigenvalue weighted by Crippen LogP contribution is 2.32. The molecule has 0 saturated carbocycles. The Kier molecular flexibility index (Phi) is 5.96. The van der Waals surface area contributed by atoms with Crippen LogP contribution in [-0.4, -0.2) is 41.5 Å². The Labute approximate surface area is 170 Å². The van der Waals surface area contributed by atoms with Gasteiger partial charge in [-0.15, -0.1) is 0 Å². The first-order valence-electron chi connectivity index (χ1n) is 8.11. The number of Topliss-reactive ketones (excluding diaryl/α,β-unsaturated/α-hetero) is 1. The summed E-state index contributed by atoms with van der Waals surface area (Å²) in [6, 6.07) is 12.6. The predicted molar refractivity (Wildman–Crippen MR) is 106 cm³/mol. The highest BCUT2D eigenvalue weighted by Gasteiger charge is 2.36. The highest BCUT2D eigenvalue weighted by molar-refractivity contribution is 8.18. The van der Waals surface area contributed by atoms with E-state index in [1.165, 1.54) is 7.11 Å². The van der Waals surface area contributed by atoms with Crippen LogP contribution in [0.2, 0.25) is 5.02 Å². The first-order valence-corrected chi connectivity index (χ1v) is 9.31. The Bertz CT molecular complexity index is 983. The summed E-state index contributed by atoms with van der Waals surface area (Å²) in [6.45, 7) is -0.342. The highest BCUT2D eigenvalue weighted by atomic mass is 35.5. The van der Waals surface area contributed by atoms with E-state index in [4.69, 9.17) is 11.6 Å². The average molecular weight is 416 g/mol. The van der Waals surface area contributed by atoms with Crippen LogP contribution in [0.5, 0.6) is 0 Å². The number of ether oxygens (including phenoxy) is 1. The summed E-state index contributed by atoms with van der Waals surface area (Å²) in [6.07, 6.45) is 1.54. The Hall–Kier alpha value is -2.90. The molecule has 0 aromatic heterocycles. The molecule has 0 N–H and O–H groups in total. The van der Waals surface area contributed by atoms with Crippen molar-refractivity contribution in [2.75, 3.05) is 13.7 Å². The molecule has 1 aliphatic heterocycles. The number of methoxy groups -OCH3 is 1. The smallest absolute Gasteiger partial charge is 0.337 e. The third kappa shape index (κ3) is 4.32. The van der Waals surface area contributed by atoms with Gasteiger partial charge >= 0.3 is 5.97 Å². The fourth-order valence-corrected chi connectivity index (χ4v) is 3.46. The fourth-order valence-electron chi connectivity index (χ4n) is 2.49. The molecular formula is C20H14ClNO5S. The monoisotopic (exact) mass is 415 g/mol. The molecule has 1 aliphatic rings. The van der Waals surface area contributed by atoms with Gasteiger partial charge in [0.05, 0.1) is 24.1 Å². The van der Waals surface area contributed by atoms with E-state index < -0.39 is 17.1 Å². The van der Waals surface area contributed by atoms with Crippen molar-refractivity contribution < 1.29 is 23.9 Å². The molecule has 0 unspecified atom stereocenters. The number of nitrogens with zero attached hydrogens (tertiary/aromatic N) is 1. The van der Waals surface area contributed by atoms with E-state index in [9.17, 15) is 19.2 Å². The van der Waals surface area contributed by atoms with Crippen LogP contribution in [0, 0.1) is 0 Å². The van der Waals surface area contributed by atoms with Crippen LogP contribution in [0.25, 0.3) is 6.08 Å². The van der Waals surface area contributed by atoms with Gasteiger partial charge in [0.2, 0.25) is 0 Å². The normalized spacial score (nSPS) is 15.2. The van der Waals surface area contributed by atoms with Crippen molar-refractivity contribution in [1.82, 2.24) is 4.90 Å². The molecule has 0 atom stereocenters. The van der Waals surface area contributed by atoms with Crippen molar-refractivity contribution in [3.05, 3.63) is 75.1 Å². The minimum absolute atomic E-state index is 0.208. The number of hydrogen-bond acceptors (Lipinski definition) is 6. The van der Waals surface area contributed by atoms with Gasteiger partial charge < -0.3 is 4.74 Å². The van der Waals surface area contributed by atoms with E-state index in [1.54, 1.807) is 54.6 Å². The lowest BCUT2D eigenvalue weighted by Gasteiger charge is -2.11. The van der Waals surface area contributed by atoms with E-state index in [2.05, 4.69) is 4.74 Å². The minimum atomic E-state index is -0.533. The van der Waals surface area contributed by atoms with E-state index >= 15 is 0 Å². The Morgan fingerprint density at radius 3 is 2.25 bits per heavy atom. The van der Waals surface area contributed by atoms with Gasteiger partial charge in [-0.3, -0.25) is 19.3 Å². The lowest BCUT2D eigenvalue weighted by atomic mass is 10.1. The van der Waals surface area contributed by atoms with Gasteiger partial charge in [-0.25, -0.2) is 4.79 Å². The van der Waals surface area contributed by atoms with E-state index in [0.717, 1.165) is 16.7 Å². The van der Waals surface area contributed by atoms with Gasteiger partial charge in [0.1, 0.15) is 0 Å². The zero-order chi connectivity index (χ0) is 20.3. The number of ketones is 1. The maximum Gasteiger partial charge on any atom is 0.337 e. The molecule has 1 heterocycles. The first kappa shape index (κ1) is 19.9. The molecule has 0 spiro atoms. The van der Waals surface area contributed by atoms with Crippen LogP contribution in [0.1, 0.15) is 26.3 Å². The molecule has 1 saturated heterocycles. The standard InChI is InChI=1S/C20H14ClNO5S/c1-27-19(25)14-4-2-12(3-5-14)10-17-18(24)22(20(26)28-17)11-16(23)13-6-8-15(21)9-7-13/h2-10H,11H2,1H3. The number of benzene rings is 2. The van der Waals surface area contributed by atoms with Crippen molar-refractivity contribution in [3.63, 3.8) is 0 Å². The molecule has 0 radical (unpaired) electrons. The first-order chi connectivity index (χ1) is 13.4. The summed E-state index contributed by atoms with van der Waals surface area (Å²) in [5, 5.41) is -0.0198. The molecule has 1 fully saturated rings. The quantitative estimate of drug-likeness (QED) is 0.416. The Balaban J connectivity index is 1.74. The van der Waals surface area contributed by atoms with Gasteiger partial charge in [0.15, 0.2) is 5.78 Å². The number of amides is 2. The molecule has 3 rings (SSSR count). The number of hydrogen-bond donors (Lipinski definition) is 0. The van der Waals surface area contributed by atoms with E-state index in [-0.39, 0.29) is 17.2 Å². The molecular weight excluding hydrogens is 402 g/mol. The lowest BCUT2D eigenvalue weighted by Crippen LogP contribution is -2.33. The fraction of sp³-hybridized carbons (Fsp3) is 0.100. The number of rotatable bonds is 5. The van der Waals surface area contributed by atoms with Crippen molar-refractivity contribution >= 4 is 52.3 Å². The molecule has 2 aromatic carbocycles. The number of thioether (sulfide) groups is 1. The van der Waals surface area contributed by atoms with Gasteiger partial charge in [-0.2, -0.15) is 0 Å². The second kappa shape index (κ2) is 8.41. The van der Waals surface area contributed by atoms with E-state index in [0.29, 0.717) is 21.7 Å². The summed E-state index contributed by atoms with van der Waals surface area (Å²) in [7, 11) is 1.29. The molecule has 6 nitrogen and oxygen atoms in total. The number of imide groups is 1. The van der Waals surface area contributed by atoms with Crippen molar-refractivity contribution in [2.45, 2.75) is 0 Å². The molecule has 0 bridgehead atoms. The van der Waals surface area contributed by atoms with Crippen molar-refractivity contribution in [2.24, 2.45) is 0 Å². The zero-order valence-electron chi connectivity index (χ0n) is 14.7. The molecule has 2 amide bonds. The van der Waals surface area contributed by atoms with Crippen LogP contribution in [-0.2, 0) is 9.53 Å². The van der Waals surface area contributed by atoms with Gasteiger partial charge in [-0.05, 0) is 59.8 Å². The van der Waals surface area contributed by atoms with Crippen LogP contribution in [0.3, 0.4) is 0 Å². The van der Waals surface area contributed by atoms with Crippen molar-refractivity contribution in [1.29, 1.82) is 0 Å². The van der Waals surface area contributed by atoms with Gasteiger partial charge in [-0.1, -0.05) is 23.7 Å². The van der Waals surface area contributed by atoms with Crippen molar-refractivity contribution in [3.8, 4) is 0 Å². The summed E-state index contributed by atoms with van der Waals surface area (Å²) >= 11 is 6.56. The third-order valence-electron chi connectivity index (χ3n) is 3.97. The van der Waals surface area contributed by atoms with Crippen LogP contribution in [0.15, 0.2) is 53.4 Å². The SMILES string of the molecule is COC(=O)c1ccc(C=C2SC(=O)N(CC(=O)c3ccc(Cl)cc3)C2=O)cc1. The van der Waals surface area contributed by atoms with Crippen LogP contribution in [0.4, 0.5) is 4.79 Å². The Morgan fingerprint density at radius 1 is 1.04 bits per heavy atom. The van der Waals surface area contributed by atoms with Gasteiger partial charge in [0, 0.05) is 10.6 Å². The van der Waals surface area contributed by atoms with E-state index in [1.807, 2.05) is 0 Å². The number of carbonyl (C=O) groups is 4. The Morgan fingerprint density at radius 2 is 1.64 bits per heavy atom. The van der Waals surface area contributed by atoms with Crippen LogP contribution >= 0.6 is 23.4 Å². The summed E-state index contributed by atoms with van der Waals surface area (Å²) in [4.78, 5) is 49.6. The molecule has 28 heavy (non-hydrogen) atoms. The second-order valence-corrected chi connectivity index (χ2v) is 7.24. The average Bonchev–Trinajstić information content (AvgIpc) is 2.95. The second-order valence-electron chi connectivity index (χ2n) is 5.81. The minimum Gasteiger partial charge on any atom is -0.465 e. The molecule has 142 valence electrons. The zero-order valence-corrected chi connectivity index (χ0v) is 16.3. The summed E-state index contributed by atoms with van der Waals surface area (Å²) in [5.74, 6) is -1.36. The number of carbonyl (C=O) groups excluding carboxylic acids is 4. The summed E-state index contributed by atoms with van der Waals surface area (Å²) < 4.78 is 4.63. The van der Waals surface area contributed by atoms with Gasteiger partial charge in [0.25, 0.3) is 11.1 Å². The summed E-state index contributed by atoms with van der Waals surface area (Å²) in [5.41, 5.74) is 1.38. The molecule has 0 aliphatic carbocycles. The topological polar surface area (TPSA) is 80.8 Å². The molecule has 8 heteroatoms. The maximum absolute atomic E-state index is 12.5. The largest absolute Gasteiger partial charge is 0.465 e. The number of esters is 1. The predicted octanol–water partition coefficient (Wildman–Crippen LogP) is 4.05. The molecule has 2 aromatic rings. The maximum atomic E-state index is 12.5. The third-order valence-corrected chi connectivity index (χ3v) is 5.13.